The molecule has 0 radical (unpaired) electrons. The van der Waals surface area contributed by atoms with Gasteiger partial charge in [0.15, 0.2) is 5.76 Å². The zero-order valence-electron chi connectivity index (χ0n) is 13.3. The smallest absolute Gasteiger partial charge is 0.490 e. The molecule has 0 fully saturated rings. The molecule has 16 nitrogen and oxygen atoms in total. The maximum Gasteiger partial charge on any atom is 0.490 e. The Bertz CT molecular complexity index is 1030. The highest BCUT2D eigenvalue weighted by atomic mass is 31.3. The SMILES string of the molecule is O=c1[nH]cc([C@H]2CC(O)=C(COP(=O)(O)OP(=O)(O)OP(=O)(O)O)O2)c(=O)[nH]1. The van der Waals surface area contributed by atoms with Crippen molar-refractivity contribution in [1.29, 1.82) is 0 Å². The van der Waals surface area contributed by atoms with E-state index in [4.69, 9.17) is 19.4 Å². The van der Waals surface area contributed by atoms with Crippen LogP contribution in [0, 0.1) is 0 Å². The van der Waals surface area contributed by atoms with Crippen LogP contribution in [0.2, 0.25) is 0 Å². The maximum atomic E-state index is 11.7. The van der Waals surface area contributed by atoms with Gasteiger partial charge in [0.05, 0.1) is 5.56 Å². The Kier molecular flexibility index (Phi) is 6.53. The summed E-state index contributed by atoms with van der Waals surface area (Å²) in [6, 6.07) is 0. The van der Waals surface area contributed by atoms with Crippen molar-refractivity contribution in [2.24, 2.45) is 0 Å². The zero-order chi connectivity index (χ0) is 21.3. The van der Waals surface area contributed by atoms with Crippen LogP contribution in [0.3, 0.4) is 0 Å². The molecule has 1 aliphatic heterocycles. The van der Waals surface area contributed by atoms with Gasteiger partial charge in [-0.05, 0) is 0 Å². The average molecular weight is 466 g/mol. The number of rotatable bonds is 8. The standard InChI is InChI=1S/C9H13N2O14P3/c12-5-1-6(4-2-10-9(14)11-8(4)13)23-7(5)3-22-27(18,19)25-28(20,21)24-26(15,16)17/h2,6,12H,1,3H2,(H,18,19)(H,20,21)(H2,15,16,17)(H2,10,11,13,14)/t6-/m1/s1. The first-order valence-corrected chi connectivity index (χ1v) is 11.4. The summed E-state index contributed by atoms with van der Waals surface area (Å²) in [5, 5.41) is 9.79. The van der Waals surface area contributed by atoms with Crippen molar-refractivity contribution in [1.82, 2.24) is 9.97 Å². The van der Waals surface area contributed by atoms with E-state index in [2.05, 4.69) is 18.1 Å². The third kappa shape index (κ3) is 6.50. The number of phosphoric ester groups is 1. The third-order valence-electron chi connectivity index (χ3n) is 2.95. The summed E-state index contributed by atoms with van der Waals surface area (Å²) in [5.74, 6) is -0.952. The van der Waals surface area contributed by atoms with Gasteiger partial charge < -0.3 is 34.4 Å². The number of aromatic nitrogens is 2. The van der Waals surface area contributed by atoms with Crippen LogP contribution in [0.25, 0.3) is 0 Å². The van der Waals surface area contributed by atoms with Crippen LogP contribution < -0.4 is 11.2 Å². The molecule has 0 bridgehead atoms. The van der Waals surface area contributed by atoms with Gasteiger partial charge in [0.2, 0.25) is 0 Å². The first kappa shape index (κ1) is 22.7. The minimum atomic E-state index is -5.68. The Labute approximate surface area is 153 Å². The molecule has 0 aromatic carbocycles. The highest BCUT2D eigenvalue weighted by molar-refractivity contribution is 7.66. The summed E-state index contributed by atoms with van der Waals surface area (Å²) in [6.07, 6.45) is -0.325. The van der Waals surface area contributed by atoms with E-state index >= 15 is 0 Å². The molecule has 2 unspecified atom stereocenters. The molecule has 28 heavy (non-hydrogen) atoms. The van der Waals surface area contributed by atoms with E-state index < -0.39 is 58.9 Å². The van der Waals surface area contributed by atoms with Crippen LogP contribution in [0.5, 0.6) is 0 Å². The van der Waals surface area contributed by atoms with E-state index in [1.807, 2.05) is 4.98 Å². The Morgan fingerprint density at radius 2 is 1.75 bits per heavy atom. The molecular formula is C9H13N2O14P3. The van der Waals surface area contributed by atoms with Gasteiger partial charge in [-0.25, -0.2) is 18.5 Å². The van der Waals surface area contributed by atoms with Gasteiger partial charge in [-0.2, -0.15) is 8.62 Å². The second-order valence-electron chi connectivity index (χ2n) is 5.07. The number of phosphoric acid groups is 3. The molecule has 2 heterocycles. The molecule has 0 saturated carbocycles. The topological polar surface area (TPSA) is 255 Å². The molecule has 19 heteroatoms. The summed E-state index contributed by atoms with van der Waals surface area (Å²) in [7, 11) is -16.6. The zero-order valence-corrected chi connectivity index (χ0v) is 16.0. The summed E-state index contributed by atoms with van der Waals surface area (Å²) in [4.78, 5) is 62.0. The van der Waals surface area contributed by atoms with Gasteiger partial charge in [-0.1, -0.05) is 0 Å². The molecule has 7 N–H and O–H groups in total. The minimum absolute atomic E-state index is 0.0838. The Morgan fingerprint density at radius 1 is 1.11 bits per heavy atom. The highest BCUT2D eigenvalue weighted by Crippen LogP contribution is 2.66. The van der Waals surface area contributed by atoms with Crippen LogP contribution in [-0.4, -0.2) is 41.3 Å². The van der Waals surface area contributed by atoms with E-state index in [0.29, 0.717) is 0 Å². The summed E-state index contributed by atoms with van der Waals surface area (Å²) >= 11 is 0. The Balaban J connectivity index is 2.02. The van der Waals surface area contributed by atoms with E-state index in [9.17, 15) is 33.3 Å². The highest BCUT2D eigenvalue weighted by Gasteiger charge is 2.41. The Morgan fingerprint density at radius 3 is 2.32 bits per heavy atom. The molecule has 1 aromatic heterocycles. The van der Waals surface area contributed by atoms with E-state index in [-0.39, 0.29) is 12.0 Å². The molecule has 2 rings (SSSR count). The molecule has 3 atom stereocenters. The fraction of sp³-hybridized carbons (Fsp3) is 0.333. The van der Waals surface area contributed by atoms with Crippen molar-refractivity contribution in [2.75, 3.05) is 6.61 Å². The molecule has 1 aromatic rings. The van der Waals surface area contributed by atoms with Crippen molar-refractivity contribution in [2.45, 2.75) is 12.5 Å². The molecule has 0 spiro atoms. The average Bonchev–Trinajstić information content (AvgIpc) is 2.82. The lowest BCUT2D eigenvalue weighted by atomic mass is 10.1. The van der Waals surface area contributed by atoms with Crippen LogP contribution in [-0.2, 0) is 31.6 Å². The van der Waals surface area contributed by atoms with E-state index in [1.54, 1.807) is 0 Å². The lowest BCUT2D eigenvalue weighted by molar-refractivity contribution is 0.105. The first-order valence-electron chi connectivity index (χ1n) is 6.85. The van der Waals surface area contributed by atoms with Crippen LogP contribution in [0.1, 0.15) is 18.1 Å². The first-order chi connectivity index (χ1) is 12.7. The predicted octanol–water partition coefficient (Wildman–Crippen LogP) is -0.363. The molecule has 0 aliphatic carbocycles. The number of nitrogens with one attached hydrogen (secondary N) is 2. The normalized spacial score (nSPS) is 21.8. The summed E-state index contributed by atoms with van der Waals surface area (Å²) in [5.41, 5.74) is -1.67. The number of H-pyrrole nitrogens is 2. The number of aliphatic hydroxyl groups excluding tert-OH is 1. The molecule has 0 amide bonds. The fourth-order valence-corrected chi connectivity index (χ4v) is 4.94. The maximum absolute atomic E-state index is 11.7. The van der Waals surface area contributed by atoms with Crippen molar-refractivity contribution < 1.29 is 56.3 Å². The number of hydrogen-bond acceptors (Lipinski definition) is 10. The molecular weight excluding hydrogens is 453 g/mol. The molecule has 0 saturated heterocycles. The van der Waals surface area contributed by atoms with Crippen LogP contribution >= 0.6 is 23.5 Å². The van der Waals surface area contributed by atoms with E-state index in [1.165, 1.54) is 0 Å². The summed E-state index contributed by atoms with van der Waals surface area (Å²) < 4.78 is 49.9. The third-order valence-corrected chi connectivity index (χ3v) is 6.74. The van der Waals surface area contributed by atoms with Gasteiger partial charge in [0.1, 0.15) is 18.5 Å². The summed E-state index contributed by atoms with van der Waals surface area (Å²) in [6.45, 7) is -0.993. The lowest BCUT2D eigenvalue weighted by Crippen LogP contribution is -2.26. The van der Waals surface area contributed by atoms with Crippen molar-refractivity contribution >= 4 is 23.5 Å². The number of aliphatic hydroxyl groups is 1. The van der Waals surface area contributed by atoms with Crippen LogP contribution in [0.15, 0.2) is 27.3 Å². The number of aromatic amines is 2. The molecule has 1 aliphatic rings. The molecule has 158 valence electrons. The Hall–Kier alpha value is -1.57. The largest absolute Gasteiger partial charge is 0.509 e. The van der Waals surface area contributed by atoms with Gasteiger partial charge in [-0.15, -0.1) is 0 Å². The van der Waals surface area contributed by atoms with Gasteiger partial charge in [-0.3, -0.25) is 14.3 Å². The van der Waals surface area contributed by atoms with Crippen LogP contribution in [0.4, 0.5) is 0 Å². The second-order valence-corrected chi connectivity index (χ2v) is 9.49. The lowest BCUT2D eigenvalue weighted by Gasteiger charge is -2.17. The van der Waals surface area contributed by atoms with Crippen molar-refractivity contribution in [3.05, 3.63) is 44.1 Å². The van der Waals surface area contributed by atoms with Gasteiger partial charge in [0.25, 0.3) is 5.56 Å². The minimum Gasteiger partial charge on any atom is -0.509 e. The van der Waals surface area contributed by atoms with Gasteiger partial charge in [0, 0.05) is 12.6 Å². The van der Waals surface area contributed by atoms with Crippen molar-refractivity contribution in [3.8, 4) is 0 Å². The monoisotopic (exact) mass is 466 g/mol. The van der Waals surface area contributed by atoms with Gasteiger partial charge >= 0.3 is 29.2 Å². The van der Waals surface area contributed by atoms with Crippen molar-refractivity contribution in [3.63, 3.8) is 0 Å². The fourth-order valence-electron chi connectivity index (χ4n) is 1.96. The predicted molar refractivity (Wildman–Crippen MR) is 85.6 cm³/mol. The number of hydrogen-bond donors (Lipinski definition) is 7. The quantitative estimate of drug-likeness (QED) is 0.242. The van der Waals surface area contributed by atoms with E-state index in [0.717, 1.165) is 6.20 Å². The second kappa shape index (κ2) is 8.05. The number of ether oxygens (including phenoxy) is 1.